The Bertz CT molecular complexity index is 452. The molecule has 0 radical (unpaired) electrons. The molecule has 118 valence electrons. The first-order chi connectivity index (χ1) is 10.2. The fraction of sp³-hybridized carbons (Fsp3) is 0.533. The van der Waals surface area contributed by atoms with Crippen LogP contribution in [0.5, 0.6) is 11.5 Å². The minimum atomic E-state index is -0.0724. The number of benzene rings is 1. The molecule has 0 aliphatic carbocycles. The molecule has 0 atom stereocenters. The summed E-state index contributed by atoms with van der Waals surface area (Å²) >= 11 is 0. The molecule has 1 rings (SSSR count). The zero-order valence-corrected chi connectivity index (χ0v) is 14.0. The summed E-state index contributed by atoms with van der Waals surface area (Å²) in [7, 11) is 3.04. The largest absolute Gasteiger partial charge is 1.00 e. The molecule has 0 bridgehead atoms. The Labute approximate surface area is 143 Å². The van der Waals surface area contributed by atoms with Crippen LogP contribution in [0.25, 0.3) is 0 Å². The Balaban J connectivity index is 0.00000441. The zero-order valence-electron chi connectivity index (χ0n) is 14.0. The second-order valence-corrected chi connectivity index (χ2v) is 4.16. The number of carbonyl (C=O) groups excluding carboxylic acids is 1. The van der Waals surface area contributed by atoms with E-state index in [0.717, 1.165) is 0 Å². The van der Waals surface area contributed by atoms with Crippen molar-refractivity contribution < 1.29 is 42.6 Å². The van der Waals surface area contributed by atoms with Crippen LogP contribution in [0.1, 0.15) is 24.2 Å². The zero-order chi connectivity index (χ0) is 15.7. The monoisotopic (exact) mass is 303 g/mol. The molecule has 0 heterocycles. The molecule has 0 saturated heterocycles. The molecule has 0 aliphatic heterocycles. The van der Waals surface area contributed by atoms with Crippen LogP contribution < -0.4 is 28.3 Å². The van der Waals surface area contributed by atoms with E-state index in [1.807, 2.05) is 13.8 Å². The molecule has 0 spiro atoms. The molecule has 1 aromatic carbocycles. The second kappa shape index (κ2) is 11.4. The molecule has 6 nitrogen and oxygen atoms in total. The summed E-state index contributed by atoms with van der Waals surface area (Å²) < 4.78 is 20.5. The van der Waals surface area contributed by atoms with Crippen molar-refractivity contribution in [3.05, 3.63) is 23.8 Å². The molecule has 1 amide bonds. The minimum Gasteiger partial charge on any atom is -0.525 e. The maximum absolute atomic E-state index is 12.3. The Morgan fingerprint density at radius 1 is 1.14 bits per heavy atom. The third kappa shape index (κ3) is 5.89. The number of rotatable bonds is 9. The van der Waals surface area contributed by atoms with Gasteiger partial charge in [-0.15, -0.1) is 12.1 Å². The predicted octanol–water partition coefficient (Wildman–Crippen LogP) is -1.06. The van der Waals surface area contributed by atoms with Gasteiger partial charge < -0.3 is 23.8 Å². The molecule has 0 unspecified atom stereocenters. The SMILES string of the molecule is CCN(CC)C(=O)c1c[c-]c(OCOC)c(OCOC)c1.[Li+]. The van der Waals surface area contributed by atoms with E-state index in [0.29, 0.717) is 30.2 Å². The van der Waals surface area contributed by atoms with E-state index < -0.39 is 0 Å². The molecule has 0 aliphatic rings. The van der Waals surface area contributed by atoms with Crippen LogP contribution in [-0.2, 0) is 9.47 Å². The van der Waals surface area contributed by atoms with Crippen molar-refractivity contribution in [3.63, 3.8) is 0 Å². The Morgan fingerprint density at radius 3 is 2.27 bits per heavy atom. The van der Waals surface area contributed by atoms with Crippen molar-refractivity contribution in [1.82, 2.24) is 4.90 Å². The van der Waals surface area contributed by atoms with Gasteiger partial charge in [-0.3, -0.25) is 4.79 Å². The summed E-state index contributed by atoms with van der Waals surface area (Å²) in [5.41, 5.74) is 0.495. The molecule has 0 fully saturated rings. The average molecular weight is 303 g/mol. The second-order valence-electron chi connectivity index (χ2n) is 4.16. The number of ether oxygens (including phenoxy) is 4. The number of amides is 1. The topological polar surface area (TPSA) is 57.2 Å². The first kappa shape index (κ1) is 20.8. The van der Waals surface area contributed by atoms with Crippen molar-refractivity contribution in [2.45, 2.75) is 13.8 Å². The maximum Gasteiger partial charge on any atom is 1.00 e. The van der Waals surface area contributed by atoms with Crippen LogP contribution in [0, 0.1) is 6.07 Å². The Morgan fingerprint density at radius 2 is 1.73 bits per heavy atom. The molecule has 0 aromatic heterocycles. The quantitative estimate of drug-likeness (QED) is 0.331. The van der Waals surface area contributed by atoms with Crippen molar-refractivity contribution in [2.75, 3.05) is 40.9 Å². The van der Waals surface area contributed by atoms with Gasteiger partial charge >= 0.3 is 18.9 Å². The van der Waals surface area contributed by atoms with Gasteiger partial charge in [0, 0.05) is 27.3 Å². The summed E-state index contributed by atoms with van der Waals surface area (Å²) in [6, 6.07) is 6.12. The summed E-state index contributed by atoms with van der Waals surface area (Å²) in [4.78, 5) is 14.0. The van der Waals surface area contributed by atoms with E-state index in [1.54, 1.807) is 17.0 Å². The van der Waals surface area contributed by atoms with E-state index in [4.69, 9.17) is 18.9 Å². The molecular formula is C15H22LiNO5. The van der Waals surface area contributed by atoms with Crippen LogP contribution in [-0.4, -0.2) is 51.7 Å². The van der Waals surface area contributed by atoms with E-state index in [2.05, 4.69) is 6.07 Å². The van der Waals surface area contributed by atoms with Gasteiger partial charge in [0.1, 0.15) is 0 Å². The van der Waals surface area contributed by atoms with Crippen molar-refractivity contribution in [2.24, 2.45) is 0 Å². The van der Waals surface area contributed by atoms with Crippen LogP contribution in [0.3, 0.4) is 0 Å². The summed E-state index contributed by atoms with van der Waals surface area (Å²) in [6.45, 7) is 5.29. The van der Waals surface area contributed by atoms with Crippen molar-refractivity contribution >= 4 is 5.91 Å². The van der Waals surface area contributed by atoms with Crippen LogP contribution in [0.2, 0.25) is 0 Å². The first-order valence-electron chi connectivity index (χ1n) is 6.76. The third-order valence-corrected chi connectivity index (χ3v) is 2.82. The van der Waals surface area contributed by atoms with Gasteiger partial charge in [-0.25, -0.2) is 0 Å². The van der Waals surface area contributed by atoms with E-state index in [9.17, 15) is 4.79 Å². The van der Waals surface area contributed by atoms with Gasteiger partial charge in [-0.2, -0.15) is 6.07 Å². The fourth-order valence-electron chi connectivity index (χ4n) is 1.74. The smallest absolute Gasteiger partial charge is 0.525 e. The first-order valence-corrected chi connectivity index (χ1v) is 6.76. The molecule has 1 aromatic rings. The number of hydrogen-bond acceptors (Lipinski definition) is 5. The standard InChI is InChI=1S/C15H22NO5.Li/c1-5-16(6-2)15(17)12-7-8-13(20-10-18-3)14(9-12)21-11-19-4;/h7,9H,5-6,10-11H2,1-4H3;/q-1;+1. The summed E-state index contributed by atoms with van der Waals surface area (Å²) in [6.07, 6.45) is 0. The van der Waals surface area contributed by atoms with Crippen LogP contribution in [0.4, 0.5) is 0 Å². The number of nitrogens with zero attached hydrogens (tertiary/aromatic N) is 1. The maximum atomic E-state index is 12.3. The van der Waals surface area contributed by atoms with Gasteiger partial charge in [-0.1, -0.05) is 5.56 Å². The third-order valence-electron chi connectivity index (χ3n) is 2.82. The van der Waals surface area contributed by atoms with E-state index in [1.165, 1.54) is 14.2 Å². The van der Waals surface area contributed by atoms with Crippen LogP contribution >= 0.6 is 0 Å². The molecule has 22 heavy (non-hydrogen) atoms. The average Bonchev–Trinajstić information content (AvgIpc) is 2.52. The van der Waals surface area contributed by atoms with E-state index in [-0.39, 0.29) is 38.4 Å². The van der Waals surface area contributed by atoms with Crippen molar-refractivity contribution in [3.8, 4) is 11.5 Å². The normalized spacial score (nSPS) is 9.82. The van der Waals surface area contributed by atoms with E-state index >= 15 is 0 Å². The molecular weight excluding hydrogens is 281 g/mol. The molecule has 0 saturated carbocycles. The van der Waals surface area contributed by atoms with Crippen LogP contribution in [0.15, 0.2) is 12.1 Å². The van der Waals surface area contributed by atoms with Crippen molar-refractivity contribution in [1.29, 1.82) is 0 Å². The Kier molecular flexibility index (Phi) is 10.8. The minimum absolute atomic E-state index is 0. The van der Waals surface area contributed by atoms with Gasteiger partial charge in [0.2, 0.25) is 0 Å². The summed E-state index contributed by atoms with van der Waals surface area (Å²) in [5.74, 6) is 0.703. The Hall–Kier alpha value is -1.19. The van der Waals surface area contributed by atoms with Gasteiger partial charge in [0.15, 0.2) is 19.5 Å². The van der Waals surface area contributed by atoms with Gasteiger partial charge in [-0.05, 0) is 13.8 Å². The fourth-order valence-corrected chi connectivity index (χ4v) is 1.74. The predicted molar refractivity (Wildman–Crippen MR) is 77.5 cm³/mol. The molecule has 0 N–H and O–H groups in total. The molecule has 7 heteroatoms. The summed E-state index contributed by atoms with van der Waals surface area (Å²) in [5, 5.41) is 0. The van der Waals surface area contributed by atoms with Gasteiger partial charge in [0.25, 0.3) is 0 Å². The number of hydrogen-bond donors (Lipinski definition) is 0. The van der Waals surface area contributed by atoms with Gasteiger partial charge in [0.05, 0.1) is 11.5 Å². The number of carbonyl (C=O) groups is 1. The number of methoxy groups -OCH3 is 2.